The number of aromatic amines is 1. The zero-order valence-corrected chi connectivity index (χ0v) is 15.4. The number of nitrogens with two attached hydrogens (primary N) is 1. The molecule has 1 aliphatic rings. The minimum atomic E-state index is 0.0287. The van der Waals surface area contributed by atoms with Gasteiger partial charge in [0, 0.05) is 42.0 Å². The fraction of sp³-hybridized carbons (Fsp3) is 0.143. The number of hydrogen-bond donors (Lipinski definition) is 2. The van der Waals surface area contributed by atoms with Crippen molar-refractivity contribution in [3.05, 3.63) is 72.1 Å². The van der Waals surface area contributed by atoms with E-state index >= 15 is 0 Å². The lowest BCUT2D eigenvalue weighted by Crippen LogP contribution is -2.48. The highest BCUT2D eigenvalue weighted by atomic mass is 16.3. The number of furan rings is 1. The Morgan fingerprint density at radius 3 is 2.55 bits per heavy atom. The molecule has 1 saturated heterocycles. The molecule has 1 aliphatic heterocycles. The third-order valence-electron chi connectivity index (χ3n) is 5.03. The summed E-state index contributed by atoms with van der Waals surface area (Å²) in [5, 5.41) is 6.51. The summed E-state index contributed by atoms with van der Waals surface area (Å²) in [7, 11) is 0. The van der Waals surface area contributed by atoms with Crippen LogP contribution in [0.2, 0.25) is 0 Å². The Hall–Kier alpha value is -3.94. The Kier molecular flexibility index (Phi) is 4.09. The summed E-state index contributed by atoms with van der Waals surface area (Å²) >= 11 is 0. The number of hydrogen-bond acceptors (Lipinski definition) is 6. The number of nitrogens with one attached hydrogen (secondary N) is 1. The number of benzene rings is 1. The molecule has 4 heterocycles. The maximum Gasteiger partial charge on any atom is 0.253 e. The van der Waals surface area contributed by atoms with Crippen LogP contribution in [0.3, 0.4) is 0 Å². The van der Waals surface area contributed by atoms with Crippen LogP contribution >= 0.6 is 0 Å². The standard InChI is InChI=1S/C21H18N6O2/c22-21-24-19(25-26-21)18-9-8-17(29-18)13-4-6-14(7-5-13)20(28)27-11-15(12-27)16-3-1-2-10-23-16/h1-10,15H,11-12H2,(H3,22,24,25,26). The van der Waals surface area contributed by atoms with Gasteiger partial charge < -0.3 is 15.1 Å². The first-order valence-corrected chi connectivity index (χ1v) is 9.26. The molecule has 0 bridgehead atoms. The summed E-state index contributed by atoms with van der Waals surface area (Å²) in [6, 6.07) is 16.9. The molecule has 0 saturated carbocycles. The monoisotopic (exact) mass is 386 g/mol. The maximum absolute atomic E-state index is 12.7. The molecule has 3 aromatic heterocycles. The van der Waals surface area contributed by atoms with E-state index in [0.717, 1.165) is 11.3 Å². The molecule has 144 valence electrons. The van der Waals surface area contributed by atoms with Crippen LogP contribution in [-0.2, 0) is 0 Å². The van der Waals surface area contributed by atoms with Gasteiger partial charge in [-0.25, -0.2) is 0 Å². The second-order valence-electron chi connectivity index (χ2n) is 6.95. The number of carbonyl (C=O) groups is 1. The van der Waals surface area contributed by atoms with Gasteiger partial charge in [0.1, 0.15) is 5.76 Å². The summed E-state index contributed by atoms with van der Waals surface area (Å²) in [5.41, 5.74) is 8.09. The van der Waals surface area contributed by atoms with Crippen LogP contribution in [0.15, 0.2) is 65.2 Å². The number of nitrogen functional groups attached to an aromatic ring is 1. The molecule has 8 heteroatoms. The molecule has 1 amide bonds. The number of rotatable bonds is 4. The molecule has 1 fully saturated rings. The average molecular weight is 386 g/mol. The van der Waals surface area contributed by atoms with Gasteiger partial charge in [0.15, 0.2) is 11.6 Å². The van der Waals surface area contributed by atoms with Crippen LogP contribution in [0.5, 0.6) is 0 Å². The SMILES string of the molecule is Nc1n[nH]c(-c2ccc(-c3ccc(C(=O)N4CC(c5ccccn5)C4)cc3)o2)n1. The van der Waals surface area contributed by atoms with Crippen LogP contribution in [0, 0.1) is 0 Å². The van der Waals surface area contributed by atoms with Gasteiger partial charge in [-0.3, -0.25) is 14.9 Å². The fourth-order valence-electron chi connectivity index (χ4n) is 3.41. The molecule has 1 aromatic carbocycles. The van der Waals surface area contributed by atoms with Crippen LogP contribution < -0.4 is 5.73 Å². The van der Waals surface area contributed by atoms with Crippen LogP contribution in [0.25, 0.3) is 22.9 Å². The maximum atomic E-state index is 12.7. The number of anilines is 1. The van der Waals surface area contributed by atoms with E-state index in [2.05, 4.69) is 20.2 Å². The first kappa shape index (κ1) is 17.2. The highest BCUT2D eigenvalue weighted by Crippen LogP contribution is 2.29. The van der Waals surface area contributed by atoms with E-state index in [1.54, 1.807) is 12.3 Å². The van der Waals surface area contributed by atoms with Gasteiger partial charge in [-0.15, -0.1) is 5.10 Å². The first-order valence-electron chi connectivity index (χ1n) is 9.26. The van der Waals surface area contributed by atoms with Gasteiger partial charge >= 0.3 is 0 Å². The minimum Gasteiger partial charge on any atom is -0.453 e. The number of aromatic nitrogens is 4. The summed E-state index contributed by atoms with van der Waals surface area (Å²) in [5.74, 6) is 2.20. The molecule has 5 rings (SSSR count). The fourth-order valence-corrected chi connectivity index (χ4v) is 3.41. The second kappa shape index (κ2) is 6.90. The van der Waals surface area contributed by atoms with Gasteiger partial charge in [-0.2, -0.15) is 4.98 Å². The van der Waals surface area contributed by atoms with Gasteiger partial charge in [-0.05, 0) is 36.4 Å². The van der Waals surface area contributed by atoms with Gasteiger partial charge in [0.05, 0.1) is 0 Å². The van der Waals surface area contributed by atoms with Crippen molar-refractivity contribution in [3.63, 3.8) is 0 Å². The summed E-state index contributed by atoms with van der Waals surface area (Å²) in [4.78, 5) is 23.0. The molecular formula is C21H18N6O2. The summed E-state index contributed by atoms with van der Waals surface area (Å²) in [6.07, 6.45) is 1.79. The van der Waals surface area contributed by atoms with E-state index in [1.807, 2.05) is 53.4 Å². The van der Waals surface area contributed by atoms with E-state index in [4.69, 9.17) is 10.2 Å². The van der Waals surface area contributed by atoms with Crippen LogP contribution in [-0.4, -0.2) is 44.1 Å². The van der Waals surface area contributed by atoms with E-state index in [9.17, 15) is 4.79 Å². The number of H-pyrrole nitrogens is 1. The average Bonchev–Trinajstić information content (AvgIpc) is 3.37. The molecule has 3 N–H and O–H groups in total. The number of nitrogens with zero attached hydrogens (tertiary/aromatic N) is 4. The molecule has 0 aliphatic carbocycles. The zero-order valence-electron chi connectivity index (χ0n) is 15.4. The zero-order chi connectivity index (χ0) is 19.8. The Morgan fingerprint density at radius 1 is 1.07 bits per heavy atom. The van der Waals surface area contributed by atoms with Gasteiger partial charge in [-0.1, -0.05) is 18.2 Å². The smallest absolute Gasteiger partial charge is 0.253 e. The van der Waals surface area contributed by atoms with Crippen molar-refractivity contribution in [1.29, 1.82) is 0 Å². The number of carbonyl (C=O) groups excluding carboxylic acids is 1. The first-order chi connectivity index (χ1) is 14.2. The largest absolute Gasteiger partial charge is 0.453 e. The van der Waals surface area contributed by atoms with Gasteiger partial charge in [0.25, 0.3) is 5.91 Å². The lowest BCUT2D eigenvalue weighted by molar-refractivity contribution is 0.0599. The number of pyridine rings is 1. The highest BCUT2D eigenvalue weighted by Gasteiger charge is 2.32. The Morgan fingerprint density at radius 2 is 1.86 bits per heavy atom. The van der Waals surface area contributed by atoms with E-state index < -0.39 is 0 Å². The molecular weight excluding hydrogens is 368 g/mol. The lowest BCUT2D eigenvalue weighted by Gasteiger charge is -2.39. The van der Waals surface area contributed by atoms with Gasteiger partial charge in [0.2, 0.25) is 5.95 Å². The van der Waals surface area contributed by atoms with Crippen molar-refractivity contribution in [1.82, 2.24) is 25.1 Å². The van der Waals surface area contributed by atoms with E-state index in [0.29, 0.717) is 41.9 Å². The van der Waals surface area contributed by atoms with Crippen molar-refractivity contribution in [2.24, 2.45) is 0 Å². The van der Waals surface area contributed by atoms with Crippen molar-refractivity contribution in [2.45, 2.75) is 5.92 Å². The predicted molar refractivity (Wildman–Crippen MR) is 107 cm³/mol. The normalized spacial score (nSPS) is 14.0. The topological polar surface area (TPSA) is 114 Å². The van der Waals surface area contributed by atoms with Crippen molar-refractivity contribution in [3.8, 4) is 22.9 Å². The predicted octanol–water partition coefficient (Wildman–Crippen LogP) is 2.95. The van der Waals surface area contributed by atoms with E-state index in [1.165, 1.54) is 0 Å². The number of likely N-dealkylation sites (tertiary alicyclic amines) is 1. The lowest BCUT2D eigenvalue weighted by atomic mass is 9.94. The summed E-state index contributed by atoms with van der Waals surface area (Å²) in [6.45, 7) is 1.39. The third-order valence-corrected chi connectivity index (χ3v) is 5.03. The summed E-state index contributed by atoms with van der Waals surface area (Å²) < 4.78 is 5.82. The highest BCUT2D eigenvalue weighted by molar-refractivity contribution is 5.95. The minimum absolute atomic E-state index is 0.0287. The third kappa shape index (κ3) is 3.25. The van der Waals surface area contributed by atoms with Crippen LogP contribution in [0.1, 0.15) is 22.0 Å². The van der Waals surface area contributed by atoms with Crippen molar-refractivity contribution in [2.75, 3.05) is 18.8 Å². The van der Waals surface area contributed by atoms with E-state index in [-0.39, 0.29) is 11.9 Å². The Bertz CT molecular complexity index is 1140. The molecule has 0 spiro atoms. The molecule has 0 atom stereocenters. The molecule has 0 unspecified atom stereocenters. The second-order valence-corrected chi connectivity index (χ2v) is 6.95. The molecule has 29 heavy (non-hydrogen) atoms. The number of amides is 1. The molecule has 0 radical (unpaired) electrons. The quantitative estimate of drug-likeness (QED) is 0.557. The van der Waals surface area contributed by atoms with Crippen molar-refractivity contribution < 1.29 is 9.21 Å². The van der Waals surface area contributed by atoms with Crippen LogP contribution in [0.4, 0.5) is 5.95 Å². The van der Waals surface area contributed by atoms with Crippen molar-refractivity contribution >= 4 is 11.9 Å². The molecule has 8 nitrogen and oxygen atoms in total. The molecule has 4 aromatic rings. The Balaban J connectivity index is 1.26. The Labute approximate surface area is 166 Å².